The van der Waals surface area contributed by atoms with E-state index in [-0.39, 0.29) is 0 Å². The second-order valence-corrected chi connectivity index (χ2v) is 35.8. The van der Waals surface area contributed by atoms with Crippen LogP contribution in [0, 0.1) is 0 Å². The van der Waals surface area contributed by atoms with Crippen LogP contribution in [0.5, 0.6) is 0 Å². The Morgan fingerprint density at radius 3 is 0.927 bits per heavy atom. The molecule has 0 bridgehead atoms. The summed E-state index contributed by atoms with van der Waals surface area (Å²) in [6.07, 6.45) is 0. The number of benzene rings is 21. The van der Waals surface area contributed by atoms with Crippen LogP contribution in [0.2, 0.25) is 0 Å². The van der Waals surface area contributed by atoms with Gasteiger partial charge in [-0.2, -0.15) is 0 Å². The van der Waals surface area contributed by atoms with Crippen LogP contribution in [0.15, 0.2) is 453 Å². The summed E-state index contributed by atoms with van der Waals surface area (Å²) in [5, 5.41) is 20.6. The van der Waals surface area contributed by atoms with E-state index < -0.39 is 0 Å². The molecule has 0 unspecified atom stereocenters. The zero-order valence-electron chi connectivity index (χ0n) is 73.3. The van der Waals surface area contributed by atoms with E-state index in [1.54, 1.807) is 22.7 Å². The van der Waals surface area contributed by atoms with Crippen molar-refractivity contribution in [1.29, 1.82) is 0 Å². The molecule has 27 rings (SSSR count). The smallest absolute Gasteiger partial charge is 0.227 e. The van der Waals surface area contributed by atoms with E-state index in [1.807, 2.05) is 194 Å². The summed E-state index contributed by atoms with van der Waals surface area (Å²) in [5.41, 5.74) is 17.7. The van der Waals surface area contributed by atoms with Crippen molar-refractivity contribution in [1.82, 2.24) is 59.8 Å². The van der Waals surface area contributed by atoms with Crippen molar-refractivity contribution in [3.63, 3.8) is 0 Å². The maximum Gasteiger partial charge on any atom is 0.227 e. The summed E-state index contributed by atoms with van der Waals surface area (Å²) >= 11 is 3.49. The quantitative estimate of drug-likeness (QED) is 0.100. The topological polar surface area (TPSA) is 168 Å². The molecule has 137 heavy (non-hydrogen) atoms. The number of aromatic nitrogens is 12. The van der Waals surface area contributed by atoms with Crippen LogP contribution in [-0.2, 0) is 0 Å². The van der Waals surface area contributed by atoms with Gasteiger partial charge in [0.1, 0.15) is 15.5 Å². The molecule has 0 aliphatic rings. The lowest BCUT2D eigenvalue weighted by Crippen LogP contribution is -2.00. The van der Waals surface area contributed by atoms with Gasteiger partial charge in [0.15, 0.2) is 58.0 Å². The standard InChI is InChI=1S/C42H26N4O.2C40H24N4S/c1-4-11-27(12-5-1)31-17-10-18-33(25-31)40-44-39(29-13-6-2-7-14-29)45-41(46-40)34-21-23-35-32(26-34)20-19-28-22-24-36-38(37(28)35)43-42(47-36)30-15-8-3-9-16-30;1-3-11-27(12-4-1)37-42-38(28-13-5-2-6-14-28)44-39(43-37)30-20-22-32-29(24-30)19-18-26-21-23-34-36(35(26)32)41-40(45-34)33-17-9-15-25-10-7-8-16-31(25)33;1-3-10-27(11-4-1)37-42-38(28-12-5-2-6-13-28)44-39(43-37)31-19-21-33-30(24-31)17-16-26-20-22-34-36(35(26)33)41-40(45-34)32-18-15-25-9-7-8-14-29(25)23-32/h1-26H;2*1-24H. The minimum absolute atomic E-state index is 0.615. The SMILES string of the molecule is c1ccc(-c2cccc(-c3nc(-c4ccccc4)nc(-c4ccc5c(ccc6ccc7oc(-c8ccccc8)nc7c65)c4)n3)c2)cc1.c1ccc(-c2nc(-c3ccccc3)nc(-c3ccc4c(ccc5ccc6sc(-c7ccc8ccccc8c7)nc6c54)c3)n2)cc1.c1ccc(-c2nc(-c3ccccc3)nc(-c3ccc4c(ccc5ccc6sc(-c7cccc8ccccc78)nc6c54)c3)n2)cc1. The first-order valence-electron chi connectivity index (χ1n) is 45.4. The fourth-order valence-corrected chi connectivity index (χ4v) is 20.4. The summed E-state index contributed by atoms with van der Waals surface area (Å²) in [6, 6.07) is 154. The zero-order chi connectivity index (χ0) is 90.6. The van der Waals surface area contributed by atoms with Crippen LogP contribution in [0.3, 0.4) is 0 Å². The molecule has 0 amide bonds. The second kappa shape index (κ2) is 34.9. The van der Waals surface area contributed by atoms with Crippen molar-refractivity contribution >= 4 is 140 Å². The van der Waals surface area contributed by atoms with Crippen LogP contribution in [0.4, 0.5) is 0 Å². The number of hydrogen-bond acceptors (Lipinski definition) is 15. The molecule has 6 aromatic heterocycles. The highest BCUT2D eigenvalue weighted by molar-refractivity contribution is 7.22. The van der Waals surface area contributed by atoms with Gasteiger partial charge in [-0.25, -0.2) is 59.8 Å². The van der Waals surface area contributed by atoms with Crippen molar-refractivity contribution in [2.75, 3.05) is 0 Å². The Bertz CT molecular complexity index is 9230. The first kappa shape index (κ1) is 81.0. The fourth-order valence-electron chi connectivity index (χ4n) is 18.4. The normalized spacial score (nSPS) is 11.5. The van der Waals surface area contributed by atoms with Crippen molar-refractivity contribution < 1.29 is 4.42 Å². The average Bonchev–Trinajstić information content (AvgIpc) is 1.66. The maximum atomic E-state index is 6.21. The van der Waals surface area contributed by atoms with Crippen LogP contribution in [0.25, 0.3) is 264 Å². The van der Waals surface area contributed by atoms with Crippen LogP contribution in [-0.4, -0.2) is 59.8 Å². The molecular formula is C122H74N12OS2. The van der Waals surface area contributed by atoms with Crippen LogP contribution < -0.4 is 0 Å². The summed E-state index contributed by atoms with van der Waals surface area (Å²) < 4.78 is 8.57. The Hall–Kier alpha value is -18.0. The monoisotopic (exact) mass is 1790 g/mol. The fraction of sp³-hybridized carbons (Fsp3) is 0. The lowest BCUT2D eigenvalue weighted by atomic mass is 9.99. The predicted molar refractivity (Wildman–Crippen MR) is 564 cm³/mol. The van der Waals surface area contributed by atoms with E-state index in [1.165, 1.54) is 58.1 Å². The van der Waals surface area contributed by atoms with E-state index in [4.69, 9.17) is 64.2 Å². The minimum Gasteiger partial charge on any atom is -0.436 e. The van der Waals surface area contributed by atoms with E-state index in [0.29, 0.717) is 58.3 Å². The van der Waals surface area contributed by atoms with Gasteiger partial charge in [0.2, 0.25) is 5.89 Å². The van der Waals surface area contributed by atoms with E-state index in [0.717, 1.165) is 148 Å². The molecule has 0 aliphatic heterocycles. The Balaban J connectivity index is 0.000000109. The molecule has 0 spiro atoms. The van der Waals surface area contributed by atoms with E-state index >= 15 is 0 Å². The summed E-state index contributed by atoms with van der Waals surface area (Å²) in [4.78, 5) is 59.9. The molecule has 640 valence electrons. The molecule has 0 aliphatic carbocycles. The number of nitrogens with zero attached hydrogens (tertiary/aromatic N) is 12. The molecule has 6 heterocycles. The van der Waals surface area contributed by atoms with Crippen molar-refractivity contribution in [2.45, 2.75) is 0 Å². The second-order valence-electron chi connectivity index (χ2n) is 33.7. The molecule has 0 N–H and O–H groups in total. The number of hydrogen-bond donors (Lipinski definition) is 0. The first-order chi connectivity index (χ1) is 67.8. The Morgan fingerprint density at radius 2 is 0.467 bits per heavy atom. The highest BCUT2D eigenvalue weighted by Crippen LogP contribution is 2.45. The van der Waals surface area contributed by atoms with Crippen LogP contribution in [0.1, 0.15) is 0 Å². The Kier molecular flexibility index (Phi) is 20.7. The number of fused-ring (bicyclic) bond motifs is 17. The van der Waals surface area contributed by atoms with Gasteiger partial charge in [-0.05, 0) is 142 Å². The van der Waals surface area contributed by atoms with Gasteiger partial charge in [-0.15, -0.1) is 22.7 Å². The summed E-state index contributed by atoms with van der Waals surface area (Å²) in [6.45, 7) is 0. The summed E-state index contributed by atoms with van der Waals surface area (Å²) in [7, 11) is 0. The van der Waals surface area contributed by atoms with E-state index in [2.05, 4.69) is 255 Å². The highest BCUT2D eigenvalue weighted by atomic mass is 32.1. The molecule has 0 radical (unpaired) electrons. The molecular weight excluding hydrogens is 1710 g/mol. The van der Waals surface area contributed by atoms with E-state index in [9.17, 15) is 0 Å². The van der Waals surface area contributed by atoms with Gasteiger partial charge >= 0.3 is 0 Å². The van der Waals surface area contributed by atoms with Gasteiger partial charge in [0, 0.05) is 82.9 Å². The van der Waals surface area contributed by atoms with Gasteiger partial charge in [0.25, 0.3) is 0 Å². The third kappa shape index (κ3) is 15.7. The lowest BCUT2D eigenvalue weighted by molar-refractivity contribution is 0.620. The molecule has 0 fully saturated rings. The predicted octanol–water partition coefficient (Wildman–Crippen LogP) is 31.9. The van der Waals surface area contributed by atoms with Crippen molar-refractivity contribution in [2.24, 2.45) is 0 Å². The number of thiazole rings is 2. The molecule has 0 saturated heterocycles. The molecule has 0 saturated carbocycles. The number of rotatable bonds is 13. The molecule has 21 aromatic carbocycles. The summed E-state index contributed by atoms with van der Waals surface area (Å²) in [5.74, 6) is 6.41. The van der Waals surface area contributed by atoms with Gasteiger partial charge in [0.05, 0.1) is 20.4 Å². The van der Waals surface area contributed by atoms with Crippen molar-refractivity contribution in [3.8, 4) is 146 Å². The van der Waals surface area contributed by atoms with Gasteiger partial charge in [-0.3, -0.25) is 0 Å². The number of oxazole rings is 1. The average molecular weight is 1790 g/mol. The Morgan fingerprint density at radius 1 is 0.161 bits per heavy atom. The molecule has 13 nitrogen and oxygen atoms in total. The largest absolute Gasteiger partial charge is 0.436 e. The van der Waals surface area contributed by atoms with Crippen LogP contribution >= 0.6 is 22.7 Å². The Labute approximate surface area is 794 Å². The first-order valence-corrected chi connectivity index (χ1v) is 47.0. The minimum atomic E-state index is 0.615. The third-order valence-electron chi connectivity index (χ3n) is 25.2. The third-order valence-corrected chi connectivity index (χ3v) is 27.3. The zero-order valence-corrected chi connectivity index (χ0v) is 74.9. The molecule has 15 heteroatoms. The lowest BCUT2D eigenvalue weighted by Gasteiger charge is -2.11. The van der Waals surface area contributed by atoms with Gasteiger partial charge in [-0.1, -0.05) is 388 Å². The molecule has 27 aromatic rings. The molecule has 0 atom stereocenters. The van der Waals surface area contributed by atoms with Crippen molar-refractivity contribution in [3.05, 3.63) is 449 Å². The van der Waals surface area contributed by atoms with Gasteiger partial charge < -0.3 is 4.42 Å². The maximum absolute atomic E-state index is 6.21. The highest BCUT2D eigenvalue weighted by Gasteiger charge is 2.23.